The van der Waals surface area contributed by atoms with Crippen molar-refractivity contribution in [1.29, 1.82) is 0 Å². The Balaban J connectivity index is 3.53. The topological polar surface area (TPSA) is 46.5 Å². The summed E-state index contributed by atoms with van der Waals surface area (Å²) in [6.45, 7) is 1.96. The highest BCUT2D eigenvalue weighted by Gasteiger charge is 2.00. The second kappa shape index (κ2) is 8.13. The molecule has 0 saturated heterocycles. The Kier molecular flexibility index (Phi) is 7.83. The first-order chi connectivity index (χ1) is 6.22. The van der Waals surface area contributed by atoms with Gasteiger partial charge in [0.1, 0.15) is 0 Å². The quantitative estimate of drug-likeness (QED) is 0.401. The van der Waals surface area contributed by atoms with E-state index in [1.165, 1.54) is 7.11 Å². The maximum absolute atomic E-state index is 10.9. The minimum Gasteiger partial charge on any atom is -0.466 e. The SMILES string of the molecule is COC(=O)C(C)=CCSCCCO. The molecule has 0 aliphatic carbocycles. The van der Waals surface area contributed by atoms with Crippen LogP contribution in [0, 0.1) is 0 Å². The molecule has 0 aromatic carbocycles. The van der Waals surface area contributed by atoms with Crippen LogP contribution >= 0.6 is 11.8 Å². The van der Waals surface area contributed by atoms with Crippen LogP contribution in [0.1, 0.15) is 13.3 Å². The summed E-state index contributed by atoms with van der Waals surface area (Å²) in [6.07, 6.45) is 2.64. The van der Waals surface area contributed by atoms with Gasteiger partial charge in [-0.05, 0) is 19.1 Å². The number of carbonyl (C=O) groups is 1. The van der Waals surface area contributed by atoms with Crippen LogP contribution in [0.4, 0.5) is 0 Å². The van der Waals surface area contributed by atoms with Crippen molar-refractivity contribution in [2.24, 2.45) is 0 Å². The number of rotatable bonds is 6. The Hall–Kier alpha value is -0.480. The molecule has 0 fully saturated rings. The molecule has 0 aromatic rings. The highest BCUT2D eigenvalue weighted by Crippen LogP contribution is 2.05. The molecule has 0 aromatic heterocycles. The van der Waals surface area contributed by atoms with Gasteiger partial charge in [-0.1, -0.05) is 6.08 Å². The zero-order valence-corrected chi connectivity index (χ0v) is 8.89. The zero-order valence-electron chi connectivity index (χ0n) is 8.08. The second-order valence-corrected chi connectivity index (χ2v) is 3.68. The maximum atomic E-state index is 10.9. The highest BCUT2D eigenvalue weighted by atomic mass is 32.2. The largest absolute Gasteiger partial charge is 0.466 e. The number of methoxy groups -OCH3 is 1. The van der Waals surface area contributed by atoms with Gasteiger partial charge in [0.15, 0.2) is 0 Å². The molecule has 13 heavy (non-hydrogen) atoms. The van der Waals surface area contributed by atoms with E-state index in [1.54, 1.807) is 18.7 Å². The van der Waals surface area contributed by atoms with Crippen molar-refractivity contribution >= 4 is 17.7 Å². The van der Waals surface area contributed by atoms with Crippen molar-refractivity contribution in [2.45, 2.75) is 13.3 Å². The van der Waals surface area contributed by atoms with Gasteiger partial charge in [-0.25, -0.2) is 4.79 Å². The smallest absolute Gasteiger partial charge is 0.333 e. The van der Waals surface area contributed by atoms with Crippen molar-refractivity contribution in [3.8, 4) is 0 Å². The number of carbonyl (C=O) groups excluding carboxylic acids is 1. The van der Waals surface area contributed by atoms with Crippen molar-refractivity contribution < 1.29 is 14.6 Å². The summed E-state index contributed by atoms with van der Waals surface area (Å²) < 4.78 is 4.53. The zero-order chi connectivity index (χ0) is 10.1. The average molecular weight is 204 g/mol. The third-order valence-corrected chi connectivity index (χ3v) is 2.44. The van der Waals surface area contributed by atoms with Gasteiger partial charge in [0.2, 0.25) is 0 Å². The fourth-order valence-corrected chi connectivity index (χ4v) is 1.55. The molecule has 4 heteroatoms. The van der Waals surface area contributed by atoms with E-state index < -0.39 is 0 Å². The lowest BCUT2D eigenvalue weighted by atomic mass is 10.3. The summed E-state index contributed by atoms with van der Waals surface area (Å²) in [5.74, 6) is 1.44. The Bertz CT molecular complexity index is 178. The third kappa shape index (κ3) is 6.66. The van der Waals surface area contributed by atoms with E-state index in [-0.39, 0.29) is 12.6 Å². The lowest BCUT2D eigenvalue weighted by Crippen LogP contribution is -2.01. The molecular formula is C9H16O3S. The summed E-state index contributed by atoms with van der Waals surface area (Å²) in [7, 11) is 1.37. The van der Waals surface area contributed by atoms with Gasteiger partial charge >= 0.3 is 5.97 Å². The normalized spacial score (nSPS) is 11.5. The number of esters is 1. The molecule has 0 saturated carbocycles. The van der Waals surface area contributed by atoms with Crippen molar-refractivity contribution in [3.63, 3.8) is 0 Å². The number of aliphatic hydroxyl groups excluding tert-OH is 1. The van der Waals surface area contributed by atoms with Crippen LogP contribution in [0.5, 0.6) is 0 Å². The summed E-state index contributed by atoms with van der Waals surface area (Å²) in [6, 6.07) is 0. The molecule has 0 rings (SSSR count). The number of aliphatic hydroxyl groups is 1. The molecule has 0 amide bonds. The van der Waals surface area contributed by atoms with Crippen LogP contribution in [0.25, 0.3) is 0 Å². The van der Waals surface area contributed by atoms with Gasteiger partial charge < -0.3 is 9.84 Å². The van der Waals surface area contributed by atoms with Crippen LogP contribution in [0.2, 0.25) is 0 Å². The van der Waals surface area contributed by atoms with Crippen molar-refractivity contribution in [1.82, 2.24) is 0 Å². The first-order valence-electron chi connectivity index (χ1n) is 4.16. The molecule has 0 heterocycles. The molecule has 0 unspecified atom stereocenters. The summed E-state index contributed by atoms with van der Waals surface area (Å²) in [4.78, 5) is 10.9. The van der Waals surface area contributed by atoms with E-state index in [0.717, 1.165) is 17.9 Å². The van der Waals surface area contributed by atoms with Gasteiger partial charge in [-0.3, -0.25) is 0 Å². The Labute approximate surface area is 83.2 Å². The standard InChI is InChI=1S/C9H16O3S/c1-8(9(11)12-2)4-7-13-6-3-5-10/h4,10H,3,5-7H2,1-2H3. The van der Waals surface area contributed by atoms with Crippen molar-refractivity contribution in [2.75, 3.05) is 25.2 Å². The predicted octanol–water partition coefficient (Wildman–Crippen LogP) is 1.22. The summed E-state index contributed by atoms with van der Waals surface area (Å²) in [5, 5.41) is 8.50. The Morgan fingerprint density at radius 1 is 1.62 bits per heavy atom. The molecule has 0 spiro atoms. The Morgan fingerprint density at radius 2 is 2.31 bits per heavy atom. The fraction of sp³-hybridized carbons (Fsp3) is 0.667. The first kappa shape index (κ1) is 12.5. The van der Waals surface area contributed by atoms with Crippen LogP contribution in [0.15, 0.2) is 11.6 Å². The minimum absolute atomic E-state index is 0.229. The van der Waals surface area contributed by atoms with E-state index in [4.69, 9.17) is 5.11 Å². The molecule has 3 nitrogen and oxygen atoms in total. The molecule has 0 aliphatic heterocycles. The number of ether oxygens (including phenoxy) is 1. The van der Waals surface area contributed by atoms with Gasteiger partial charge in [-0.2, -0.15) is 11.8 Å². The summed E-state index contributed by atoms with van der Waals surface area (Å²) >= 11 is 1.69. The minimum atomic E-state index is -0.275. The molecule has 0 bridgehead atoms. The maximum Gasteiger partial charge on any atom is 0.333 e. The molecular weight excluding hydrogens is 188 g/mol. The van der Waals surface area contributed by atoms with E-state index in [9.17, 15) is 4.79 Å². The lowest BCUT2D eigenvalue weighted by molar-refractivity contribution is -0.136. The third-order valence-electron chi connectivity index (χ3n) is 1.46. The molecule has 1 N–H and O–H groups in total. The molecule has 0 aliphatic rings. The monoisotopic (exact) mass is 204 g/mol. The van der Waals surface area contributed by atoms with Gasteiger partial charge in [-0.15, -0.1) is 0 Å². The van der Waals surface area contributed by atoms with Crippen LogP contribution in [0.3, 0.4) is 0 Å². The van der Waals surface area contributed by atoms with Gasteiger partial charge in [0.25, 0.3) is 0 Å². The molecule has 0 atom stereocenters. The van der Waals surface area contributed by atoms with Crippen LogP contribution in [-0.4, -0.2) is 36.3 Å². The molecule has 76 valence electrons. The number of hydrogen-bond acceptors (Lipinski definition) is 4. The number of hydrogen-bond donors (Lipinski definition) is 1. The predicted molar refractivity (Wildman–Crippen MR) is 54.8 cm³/mol. The van der Waals surface area contributed by atoms with Gasteiger partial charge in [0.05, 0.1) is 7.11 Å². The average Bonchev–Trinajstić information content (AvgIpc) is 2.16. The van der Waals surface area contributed by atoms with E-state index in [2.05, 4.69) is 4.74 Å². The van der Waals surface area contributed by atoms with Gasteiger partial charge in [0, 0.05) is 17.9 Å². The second-order valence-electron chi connectivity index (χ2n) is 2.53. The van der Waals surface area contributed by atoms with Crippen LogP contribution in [-0.2, 0) is 9.53 Å². The molecule has 0 radical (unpaired) electrons. The van der Waals surface area contributed by atoms with Crippen LogP contribution < -0.4 is 0 Å². The van der Waals surface area contributed by atoms with E-state index >= 15 is 0 Å². The summed E-state index contributed by atoms with van der Waals surface area (Å²) in [5.41, 5.74) is 0.638. The van der Waals surface area contributed by atoms with Crippen molar-refractivity contribution in [3.05, 3.63) is 11.6 Å². The fourth-order valence-electron chi connectivity index (χ4n) is 0.678. The highest BCUT2D eigenvalue weighted by molar-refractivity contribution is 7.99. The van der Waals surface area contributed by atoms with E-state index in [0.29, 0.717) is 5.57 Å². The lowest BCUT2D eigenvalue weighted by Gasteiger charge is -1.98. The first-order valence-corrected chi connectivity index (χ1v) is 5.31. The van der Waals surface area contributed by atoms with E-state index in [1.807, 2.05) is 6.08 Å². The number of thioether (sulfide) groups is 1. The Morgan fingerprint density at radius 3 is 2.85 bits per heavy atom.